The molecule has 170 valence electrons. The molecule has 2 fully saturated rings. The minimum Gasteiger partial charge on any atom is -0.393 e. The molecule has 8 heteroatoms. The lowest BCUT2D eigenvalue weighted by Gasteiger charge is -2.46. The average Bonchev–Trinajstić information content (AvgIpc) is 3.39. The van der Waals surface area contributed by atoms with Gasteiger partial charge in [-0.2, -0.15) is 0 Å². The van der Waals surface area contributed by atoms with Gasteiger partial charge in [0.05, 0.1) is 13.2 Å². The molecule has 4 N–H and O–H groups in total. The first-order valence-electron chi connectivity index (χ1n) is 10.6. The number of thiophene rings is 1. The monoisotopic (exact) mass is 476 g/mol. The van der Waals surface area contributed by atoms with Crippen LogP contribution in [0.15, 0.2) is 42.5 Å². The van der Waals surface area contributed by atoms with E-state index in [4.69, 9.17) is 21.1 Å². The van der Waals surface area contributed by atoms with Gasteiger partial charge in [-0.05, 0) is 47.2 Å². The van der Waals surface area contributed by atoms with Gasteiger partial charge in [-0.1, -0.05) is 36.7 Å². The Hall–Kier alpha value is -1.55. The molecular weight excluding hydrogens is 452 g/mol. The molecule has 3 aromatic rings. The molecule has 2 saturated heterocycles. The number of rotatable bonds is 5. The fraction of sp³-hybridized carbons (Fsp3) is 0.417. The highest BCUT2D eigenvalue weighted by Gasteiger charge is 2.67. The Balaban J connectivity index is 1.50. The SMILES string of the molecule is CCc1ccc2sc(Cc3cc([C@]45OC[C@](CO)(O4)[C@@H](O)[C@H](O)[C@H]5O)ccc3Cl)cc2c1. The predicted octanol–water partition coefficient (Wildman–Crippen LogP) is 2.73. The number of benzene rings is 2. The highest BCUT2D eigenvalue weighted by atomic mass is 35.5. The van der Waals surface area contributed by atoms with Crippen molar-refractivity contribution in [1.82, 2.24) is 0 Å². The van der Waals surface area contributed by atoms with Crippen LogP contribution in [0.5, 0.6) is 0 Å². The van der Waals surface area contributed by atoms with E-state index >= 15 is 0 Å². The van der Waals surface area contributed by atoms with E-state index in [0.29, 0.717) is 17.0 Å². The fourth-order valence-electron chi connectivity index (χ4n) is 4.64. The van der Waals surface area contributed by atoms with Gasteiger partial charge in [0.1, 0.15) is 23.9 Å². The van der Waals surface area contributed by atoms with Gasteiger partial charge in [-0.15, -0.1) is 11.3 Å². The van der Waals surface area contributed by atoms with Crippen LogP contribution in [0.1, 0.15) is 28.5 Å². The van der Waals surface area contributed by atoms with Crippen molar-refractivity contribution in [2.45, 2.75) is 49.5 Å². The molecule has 2 aromatic carbocycles. The van der Waals surface area contributed by atoms with Crippen LogP contribution in [0.25, 0.3) is 10.1 Å². The summed E-state index contributed by atoms with van der Waals surface area (Å²) in [7, 11) is 0. The molecule has 5 rings (SSSR count). The van der Waals surface area contributed by atoms with Gasteiger partial charge in [-0.3, -0.25) is 0 Å². The zero-order chi connectivity index (χ0) is 22.7. The smallest absolute Gasteiger partial charge is 0.225 e. The molecule has 6 nitrogen and oxygen atoms in total. The molecule has 32 heavy (non-hydrogen) atoms. The maximum Gasteiger partial charge on any atom is 0.225 e. The molecule has 2 bridgehead atoms. The van der Waals surface area contributed by atoms with Gasteiger partial charge >= 0.3 is 0 Å². The third-order valence-electron chi connectivity index (χ3n) is 6.58. The summed E-state index contributed by atoms with van der Waals surface area (Å²) in [6.45, 7) is 1.42. The number of aliphatic hydroxyl groups excluding tert-OH is 4. The molecule has 5 atom stereocenters. The van der Waals surface area contributed by atoms with E-state index in [9.17, 15) is 20.4 Å². The van der Waals surface area contributed by atoms with Crippen LogP contribution >= 0.6 is 22.9 Å². The summed E-state index contributed by atoms with van der Waals surface area (Å²) in [5.41, 5.74) is 1.08. The second-order valence-electron chi connectivity index (χ2n) is 8.58. The number of aryl methyl sites for hydroxylation is 1. The molecule has 2 aliphatic heterocycles. The van der Waals surface area contributed by atoms with E-state index in [1.54, 1.807) is 29.5 Å². The van der Waals surface area contributed by atoms with E-state index in [0.717, 1.165) is 16.9 Å². The van der Waals surface area contributed by atoms with E-state index < -0.39 is 36.3 Å². The molecule has 3 heterocycles. The summed E-state index contributed by atoms with van der Waals surface area (Å²) in [6.07, 6.45) is -2.99. The van der Waals surface area contributed by atoms with Crippen LogP contribution < -0.4 is 0 Å². The molecule has 0 spiro atoms. The van der Waals surface area contributed by atoms with E-state index in [1.807, 2.05) is 0 Å². The minimum absolute atomic E-state index is 0.160. The van der Waals surface area contributed by atoms with Gasteiger partial charge < -0.3 is 29.9 Å². The lowest BCUT2D eigenvalue weighted by molar-refractivity contribution is -0.329. The summed E-state index contributed by atoms with van der Waals surface area (Å²) < 4.78 is 13.0. The van der Waals surface area contributed by atoms with Gasteiger partial charge in [0, 0.05) is 26.6 Å². The summed E-state index contributed by atoms with van der Waals surface area (Å²) in [6, 6.07) is 13.8. The topological polar surface area (TPSA) is 99.4 Å². The van der Waals surface area contributed by atoms with Gasteiger partial charge in [-0.25, -0.2) is 0 Å². The van der Waals surface area contributed by atoms with E-state index in [1.165, 1.54) is 15.6 Å². The van der Waals surface area contributed by atoms with Crippen LogP contribution in [0.2, 0.25) is 5.02 Å². The van der Waals surface area contributed by atoms with Crippen LogP contribution in [-0.2, 0) is 28.1 Å². The highest BCUT2D eigenvalue weighted by Crippen LogP contribution is 2.50. The second kappa shape index (κ2) is 8.04. The molecule has 0 saturated carbocycles. The summed E-state index contributed by atoms with van der Waals surface area (Å²) >= 11 is 8.21. The van der Waals surface area contributed by atoms with Crippen LogP contribution in [0.3, 0.4) is 0 Å². The van der Waals surface area contributed by atoms with Gasteiger partial charge in [0.15, 0.2) is 0 Å². The first kappa shape index (κ1) is 22.3. The first-order chi connectivity index (χ1) is 15.3. The minimum atomic E-state index is -1.70. The Labute approximate surface area is 194 Å². The maximum absolute atomic E-state index is 10.8. The van der Waals surface area contributed by atoms with Crippen molar-refractivity contribution in [3.63, 3.8) is 0 Å². The van der Waals surface area contributed by atoms with Crippen LogP contribution in [0.4, 0.5) is 0 Å². The molecule has 0 aliphatic carbocycles. The van der Waals surface area contributed by atoms with Gasteiger partial charge in [0.25, 0.3) is 0 Å². The molecule has 2 aliphatic rings. The Bertz CT molecular complexity index is 1160. The van der Waals surface area contributed by atoms with Crippen molar-refractivity contribution in [1.29, 1.82) is 0 Å². The highest BCUT2D eigenvalue weighted by molar-refractivity contribution is 7.19. The largest absolute Gasteiger partial charge is 0.393 e. The van der Waals surface area contributed by atoms with Crippen LogP contribution in [0, 0.1) is 0 Å². The quantitative estimate of drug-likeness (QED) is 0.452. The van der Waals surface area contributed by atoms with E-state index in [-0.39, 0.29) is 6.61 Å². The van der Waals surface area contributed by atoms with Crippen LogP contribution in [-0.4, -0.2) is 57.6 Å². The predicted molar refractivity (Wildman–Crippen MR) is 122 cm³/mol. The summed E-state index contributed by atoms with van der Waals surface area (Å²) in [5.74, 6) is -1.70. The number of halogens is 1. The molecular formula is C24H25ClO6S. The lowest BCUT2D eigenvalue weighted by Crippen LogP contribution is -2.65. The Morgan fingerprint density at radius 3 is 2.66 bits per heavy atom. The lowest BCUT2D eigenvalue weighted by atomic mass is 9.83. The van der Waals surface area contributed by atoms with Crippen molar-refractivity contribution in [2.75, 3.05) is 13.2 Å². The third-order valence-corrected chi connectivity index (χ3v) is 8.07. The molecule has 0 radical (unpaired) electrons. The number of fused-ring (bicyclic) bond motifs is 3. The number of hydrogen-bond donors (Lipinski definition) is 4. The van der Waals surface area contributed by atoms with Crippen molar-refractivity contribution < 1.29 is 29.9 Å². The summed E-state index contributed by atoms with van der Waals surface area (Å²) in [4.78, 5) is 1.14. The number of ether oxygens (including phenoxy) is 2. The average molecular weight is 477 g/mol. The zero-order valence-electron chi connectivity index (χ0n) is 17.5. The zero-order valence-corrected chi connectivity index (χ0v) is 19.1. The number of aliphatic hydroxyl groups is 4. The molecule has 1 aromatic heterocycles. The third kappa shape index (κ3) is 3.31. The maximum atomic E-state index is 10.8. The van der Waals surface area contributed by atoms with Crippen molar-refractivity contribution in [3.05, 3.63) is 69.1 Å². The van der Waals surface area contributed by atoms with Crippen molar-refractivity contribution in [2.24, 2.45) is 0 Å². The van der Waals surface area contributed by atoms with Crippen molar-refractivity contribution >= 4 is 33.0 Å². The summed E-state index contributed by atoms with van der Waals surface area (Å²) in [5, 5.41) is 43.1. The Kier molecular flexibility index (Phi) is 5.59. The van der Waals surface area contributed by atoms with E-state index in [2.05, 4.69) is 31.2 Å². The Morgan fingerprint density at radius 2 is 1.91 bits per heavy atom. The second-order valence-corrected chi connectivity index (χ2v) is 10.2. The normalized spacial score (nSPS) is 32.0. The van der Waals surface area contributed by atoms with Crippen molar-refractivity contribution in [3.8, 4) is 0 Å². The fourth-order valence-corrected chi connectivity index (χ4v) is 5.90. The standard InChI is InChI=1S/C24H25ClO6S/c1-2-13-3-6-19-15(7-13)10-17(32-19)9-14-8-16(4-5-18(14)25)24-22(29)20(27)21(28)23(11-26,31-24)12-30-24/h3-8,10,20-22,26-29H,2,9,11-12H2,1H3/t20-,21-,22+,23-,24-/m0/s1. The molecule has 0 unspecified atom stereocenters. The number of hydrogen-bond acceptors (Lipinski definition) is 7. The molecule has 0 amide bonds. The Morgan fingerprint density at radius 1 is 1.09 bits per heavy atom. The van der Waals surface area contributed by atoms with Gasteiger partial charge in [0.2, 0.25) is 5.79 Å². The first-order valence-corrected chi connectivity index (χ1v) is 11.8.